The number of nitrogens with one attached hydrogen (secondary N) is 1. The number of rotatable bonds is 8. The van der Waals surface area contributed by atoms with E-state index in [2.05, 4.69) is 67.1 Å². The number of amides is 1. The highest BCUT2D eigenvalue weighted by Crippen LogP contribution is 2.30. The van der Waals surface area contributed by atoms with Crippen LogP contribution in [0.5, 0.6) is 5.75 Å². The summed E-state index contributed by atoms with van der Waals surface area (Å²) in [7, 11) is 1.58. The number of hydrogen-bond acceptors (Lipinski definition) is 5. The van der Waals surface area contributed by atoms with Crippen molar-refractivity contribution < 1.29 is 9.53 Å². The summed E-state index contributed by atoms with van der Waals surface area (Å²) in [6.45, 7) is 12.8. The minimum absolute atomic E-state index is 0.0819. The zero-order valence-corrected chi connectivity index (χ0v) is 20.1. The molecule has 168 valence electrons. The molecular weight excluding hydrogens is 420 g/mol. The Labute approximate surface area is 194 Å². The minimum Gasteiger partial charge on any atom is -0.495 e. The van der Waals surface area contributed by atoms with E-state index in [1.165, 1.54) is 17.3 Å². The van der Waals surface area contributed by atoms with Crippen LogP contribution in [0, 0.1) is 0 Å². The topological polar surface area (TPSA) is 69.0 Å². The number of thioether (sulfide) groups is 1. The SMILES string of the molecule is C=CCn1c(SC(C)C(=O)Nc2ccccc2OC)nnc1-c1ccc(C(C)(C)C)cc1. The lowest BCUT2D eigenvalue weighted by Gasteiger charge is -2.19. The van der Waals surface area contributed by atoms with E-state index < -0.39 is 0 Å². The van der Waals surface area contributed by atoms with E-state index in [1.807, 2.05) is 35.8 Å². The van der Waals surface area contributed by atoms with E-state index in [4.69, 9.17) is 4.74 Å². The molecule has 3 rings (SSSR count). The number of methoxy groups -OCH3 is 1. The second-order valence-electron chi connectivity index (χ2n) is 8.48. The second-order valence-corrected chi connectivity index (χ2v) is 9.79. The molecular formula is C25H30N4O2S. The number of carbonyl (C=O) groups is 1. The average molecular weight is 451 g/mol. The molecule has 1 amide bonds. The first-order valence-corrected chi connectivity index (χ1v) is 11.4. The van der Waals surface area contributed by atoms with Gasteiger partial charge in [0.15, 0.2) is 11.0 Å². The Kier molecular flexibility index (Phi) is 7.40. The molecule has 0 radical (unpaired) electrons. The second kappa shape index (κ2) is 10.0. The molecule has 1 unspecified atom stereocenters. The van der Waals surface area contributed by atoms with Gasteiger partial charge in [-0.3, -0.25) is 9.36 Å². The molecule has 0 saturated carbocycles. The van der Waals surface area contributed by atoms with Gasteiger partial charge in [0.25, 0.3) is 0 Å². The van der Waals surface area contributed by atoms with Crippen molar-refractivity contribution in [2.45, 2.75) is 50.1 Å². The fourth-order valence-corrected chi connectivity index (χ4v) is 4.05. The van der Waals surface area contributed by atoms with Crippen molar-refractivity contribution in [3.05, 3.63) is 66.7 Å². The highest BCUT2D eigenvalue weighted by atomic mass is 32.2. The number of aromatic nitrogens is 3. The van der Waals surface area contributed by atoms with E-state index >= 15 is 0 Å². The average Bonchev–Trinajstić information content (AvgIpc) is 3.16. The fraction of sp³-hybridized carbons (Fsp3) is 0.320. The summed E-state index contributed by atoms with van der Waals surface area (Å²) in [5.41, 5.74) is 2.95. The predicted molar refractivity (Wildman–Crippen MR) is 131 cm³/mol. The van der Waals surface area contributed by atoms with Crippen LogP contribution in [0.15, 0.2) is 66.3 Å². The number of para-hydroxylation sites is 2. The first-order chi connectivity index (χ1) is 15.2. The Morgan fingerprint density at radius 3 is 2.50 bits per heavy atom. The highest BCUT2D eigenvalue weighted by Gasteiger charge is 2.22. The van der Waals surface area contributed by atoms with Crippen LogP contribution in [0.4, 0.5) is 5.69 Å². The molecule has 0 bridgehead atoms. The molecule has 3 aromatic rings. The van der Waals surface area contributed by atoms with Crippen LogP contribution in [0.25, 0.3) is 11.4 Å². The molecule has 1 atom stereocenters. The van der Waals surface area contributed by atoms with Gasteiger partial charge in [0.2, 0.25) is 5.91 Å². The molecule has 1 aromatic heterocycles. The molecule has 1 N–H and O–H groups in total. The van der Waals surface area contributed by atoms with Crippen LogP contribution < -0.4 is 10.1 Å². The van der Waals surface area contributed by atoms with E-state index in [0.29, 0.717) is 23.1 Å². The van der Waals surface area contributed by atoms with Gasteiger partial charge in [0, 0.05) is 12.1 Å². The third kappa shape index (κ3) is 5.40. The van der Waals surface area contributed by atoms with Crippen LogP contribution in [0.2, 0.25) is 0 Å². The van der Waals surface area contributed by atoms with Gasteiger partial charge in [-0.1, -0.05) is 75.0 Å². The van der Waals surface area contributed by atoms with Crippen molar-refractivity contribution in [1.29, 1.82) is 0 Å². The molecule has 7 heteroatoms. The molecule has 32 heavy (non-hydrogen) atoms. The molecule has 0 fully saturated rings. The smallest absolute Gasteiger partial charge is 0.237 e. The number of hydrogen-bond donors (Lipinski definition) is 1. The van der Waals surface area contributed by atoms with Crippen molar-refractivity contribution in [2.24, 2.45) is 0 Å². The van der Waals surface area contributed by atoms with Gasteiger partial charge in [-0.15, -0.1) is 16.8 Å². The standard InChI is InChI=1S/C25H30N4O2S/c1-7-16-29-22(18-12-14-19(15-13-18)25(3,4)5)27-28-24(29)32-17(2)23(30)26-20-10-8-9-11-21(20)31-6/h7-15,17H,1,16H2,2-6H3,(H,26,30). The lowest BCUT2D eigenvalue weighted by Crippen LogP contribution is -2.23. The largest absolute Gasteiger partial charge is 0.495 e. The number of carbonyl (C=O) groups excluding carboxylic acids is 1. The first kappa shape index (κ1) is 23.6. The Morgan fingerprint density at radius 1 is 1.19 bits per heavy atom. The Balaban J connectivity index is 1.80. The van der Waals surface area contributed by atoms with Crippen LogP contribution in [-0.2, 0) is 16.8 Å². The summed E-state index contributed by atoms with van der Waals surface area (Å²) in [5, 5.41) is 12.0. The molecule has 0 aliphatic rings. The Hall–Kier alpha value is -3.06. The summed E-state index contributed by atoms with van der Waals surface area (Å²) < 4.78 is 7.30. The van der Waals surface area contributed by atoms with Crippen molar-refractivity contribution >= 4 is 23.4 Å². The van der Waals surface area contributed by atoms with E-state index in [9.17, 15) is 4.79 Å². The number of anilines is 1. The van der Waals surface area contributed by atoms with E-state index in [-0.39, 0.29) is 16.6 Å². The molecule has 0 aliphatic carbocycles. The third-order valence-corrected chi connectivity index (χ3v) is 6.13. The quantitative estimate of drug-likeness (QED) is 0.360. The summed E-state index contributed by atoms with van der Waals surface area (Å²) >= 11 is 1.36. The maximum Gasteiger partial charge on any atom is 0.237 e. The van der Waals surface area contributed by atoms with Gasteiger partial charge in [-0.25, -0.2) is 0 Å². The first-order valence-electron chi connectivity index (χ1n) is 10.5. The molecule has 0 aliphatic heterocycles. The van der Waals surface area contributed by atoms with Gasteiger partial charge >= 0.3 is 0 Å². The summed E-state index contributed by atoms with van der Waals surface area (Å²) in [4.78, 5) is 12.8. The van der Waals surface area contributed by atoms with Crippen LogP contribution >= 0.6 is 11.8 Å². The zero-order valence-electron chi connectivity index (χ0n) is 19.3. The summed E-state index contributed by atoms with van der Waals surface area (Å²) in [6.07, 6.45) is 1.81. The monoisotopic (exact) mass is 450 g/mol. The molecule has 2 aromatic carbocycles. The van der Waals surface area contributed by atoms with Crippen LogP contribution in [-0.4, -0.2) is 33.0 Å². The zero-order chi connectivity index (χ0) is 23.3. The van der Waals surface area contributed by atoms with Gasteiger partial charge < -0.3 is 10.1 Å². The van der Waals surface area contributed by atoms with Gasteiger partial charge in [-0.05, 0) is 30.0 Å². The van der Waals surface area contributed by atoms with Crippen molar-refractivity contribution in [3.63, 3.8) is 0 Å². The molecule has 0 spiro atoms. The number of nitrogens with zero attached hydrogens (tertiary/aromatic N) is 3. The lowest BCUT2D eigenvalue weighted by atomic mass is 9.87. The van der Waals surface area contributed by atoms with Gasteiger partial charge in [0.1, 0.15) is 5.75 Å². The maximum absolute atomic E-state index is 12.8. The lowest BCUT2D eigenvalue weighted by molar-refractivity contribution is -0.115. The van der Waals surface area contributed by atoms with Gasteiger partial charge in [-0.2, -0.15) is 0 Å². The normalized spacial score (nSPS) is 12.3. The highest BCUT2D eigenvalue weighted by molar-refractivity contribution is 8.00. The van der Waals surface area contributed by atoms with Crippen molar-refractivity contribution in [3.8, 4) is 17.1 Å². The Morgan fingerprint density at radius 2 is 1.88 bits per heavy atom. The van der Waals surface area contributed by atoms with E-state index in [1.54, 1.807) is 13.2 Å². The Bertz CT molecular complexity index is 1080. The fourth-order valence-electron chi connectivity index (χ4n) is 3.20. The number of allylic oxidation sites excluding steroid dienone is 1. The molecule has 0 saturated heterocycles. The maximum atomic E-state index is 12.8. The van der Waals surface area contributed by atoms with Gasteiger partial charge in [0.05, 0.1) is 18.0 Å². The predicted octanol–water partition coefficient (Wildman–Crippen LogP) is 5.56. The van der Waals surface area contributed by atoms with Crippen LogP contribution in [0.3, 0.4) is 0 Å². The van der Waals surface area contributed by atoms with Crippen LogP contribution in [0.1, 0.15) is 33.3 Å². The molecule has 1 heterocycles. The summed E-state index contributed by atoms with van der Waals surface area (Å²) in [6, 6.07) is 15.7. The van der Waals surface area contributed by atoms with Crippen molar-refractivity contribution in [1.82, 2.24) is 14.8 Å². The molecule has 6 nitrogen and oxygen atoms in total. The third-order valence-electron chi connectivity index (χ3n) is 5.05. The minimum atomic E-state index is -0.385. The van der Waals surface area contributed by atoms with E-state index in [0.717, 1.165) is 11.4 Å². The van der Waals surface area contributed by atoms with Crippen molar-refractivity contribution in [2.75, 3.05) is 12.4 Å². The number of ether oxygens (including phenoxy) is 1. The number of benzene rings is 2. The summed E-state index contributed by atoms with van der Waals surface area (Å²) in [5.74, 6) is 1.24.